The summed E-state index contributed by atoms with van der Waals surface area (Å²) < 4.78 is 23.3. The topological polar surface area (TPSA) is 93.7 Å². The van der Waals surface area contributed by atoms with Crippen LogP contribution in [0.5, 0.6) is 5.75 Å². The Bertz CT molecular complexity index is 655. The van der Waals surface area contributed by atoms with Crippen LogP contribution in [0, 0.1) is 5.82 Å². The third kappa shape index (κ3) is 7.19. The van der Waals surface area contributed by atoms with Crippen LogP contribution < -0.4 is 15.4 Å². The lowest BCUT2D eigenvalue weighted by Gasteiger charge is -2.21. The molecule has 0 saturated heterocycles. The second-order valence-electron chi connectivity index (χ2n) is 6.47. The Kier molecular flexibility index (Phi) is 6.90. The summed E-state index contributed by atoms with van der Waals surface area (Å²) in [5.41, 5.74) is -0.135. The number of carbonyl (C=O) groups excluding carboxylic acids is 3. The van der Waals surface area contributed by atoms with Crippen molar-refractivity contribution < 1.29 is 28.2 Å². The highest BCUT2D eigenvalue weighted by molar-refractivity contribution is 5.97. The van der Waals surface area contributed by atoms with Crippen molar-refractivity contribution in [2.75, 3.05) is 7.11 Å². The van der Waals surface area contributed by atoms with Gasteiger partial charge < -0.3 is 14.8 Å². The Morgan fingerprint density at radius 3 is 2.40 bits per heavy atom. The van der Waals surface area contributed by atoms with E-state index in [-0.39, 0.29) is 12.2 Å². The molecule has 0 unspecified atom stereocenters. The fraction of sp³-hybridized carbons (Fsp3) is 0.471. The zero-order valence-corrected chi connectivity index (χ0v) is 14.9. The number of imide groups is 1. The monoisotopic (exact) mass is 354 g/mol. The SMILES string of the molecule is COc1ccc(CC(=O)O[C@@H](C)C(=O)NC(=O)NC(C)(C)C)cc1F. The molecule has 0 fully saturated rings. The van der Waals surface area contributed by atoms with Gasteiger partial charge in [-0.15, -0.1) is 0 Å². The molecule has 0 heterocycles. The van der Waals surface area contributed by atoms with Crippen LogP contribution in [-0.2, 0) is 20.7 Å². The Labute approximate surface area is 145 Å². The number of methoxy groups -OCH3 is 1. The number of amides is 3. The largest absolute Gasteiger partial charge is 0.494 e. The van der Waals surface area contributed by atoms with Gasteiger partial charge in [0.25, 0.3) is 5.91 Å². The minimum Gasteiger partial charge on any atom is -0.494 e. The number of halogens is 1. The van der Waals surface area contributed by atoms with Crippen LogP contribution in [0.4, 0.5) is 9.18 Å². The van der Waals surface area contributed by atoms with E-state index in [0.29, 0.717) is 5.56 Å². The molecule has 0 aliphatic heterocycles. The van der Waals surface area contributed by atoms with Gasteiger partial charge in [-0.2, -0.15) is 0 Å². The van der Waals surface area contributed by atoms with Crippen LogP contribution in [0.1, 0.15) is 33.3 Å². The highest BCUT2D eigenvalue weighted by atomic mass is 19.1. The van der Waals surface area contributed by atoms with Gasteiger partial charge in [0.05, 0.1) is 13.5 Å². The number of hydrogen-bond donors (Lipinski definition) is 2. The van der Waals surface area contributed by atoms with E-state index in [9.17, 15) is 18.8 Å². The first kappa shape index (κ1) is 20.4. The number of hydrogen-bond acceptors (Lipinski definition) is 5. The van der Waals surface area contributed by atoms with Crippen molar-refractivity contribution in [1.82, 2.24) is 10.6 Å². The van der Waals surface area contributed by atoms with Gasteiger partial charge in [-0.1, -0.05) is 6.07 Å². The first-order chi connectivity index (χ1) is 11.5. The van der Waals surface area contributed by atoms with Crippen molar-refractivity contribution >= 4 is 17.9 Å². The highest BCUT2D eigenvalue weighted by Gasteiger charge is 2.22. The van der Waals surface area contributed by atoms with Gasteiger partial charge in [-0.3, -0.25) is 14.9 Å². The lowest BCUT2D eigenvalue weighted by Crippen LogP contribution is -2.50. The van der Waals surface area contributed by atoms with E-state index in [2.05, 4.69) is 10.6 Å². The molecule has 0 aliphatic rings. The fourth-order valence-corrected chi connectivity index (χ4v) is 1.86. The molecular formula is C17H23FN2O5. The molecule has 0 bridgehead atoms. The van der Waals surface area contributed by atoms with Gasteiger partial charge in [0.2, 0.25) is 0 Å². The molecule has 1 atom stereocenters. The summed E-state index contributed by atoms with van der Waals surface area (Å²) in [7, 11) is 1.34. The van der Waals surface area contributed by atoms with Crippen LogP contribution in [0.25, 0.3) is 0 Å². The third-order valence-electron chi connectivity index (χ3n) is 2.97. The van der Waals surface area contributed by atoms with E-state index >= 15 is 0 Å². The fourth-order valence-electron chi connectivity index (χ4n) is 1.86. The van der Waals surface area contributed by atoms with Crippen LogP contribution >= 0.6 is 0 Å². The van der Waals surface area contributed by atoms with Gasteiger partial charge in [-0.05, 0) is 45.4 Å². The number of urea groups is 1. The molecule has 1 rings (SSSR count). The molecule has 7 nitrogen and oxygen atoms in total. The summed E-state index contributed by atoms with van der Waals surface area (Å²) >= 11 is 0. The molecule has 138 valence electrons. The molecule has 0 aliphatic carbocycles. The van der Waals surface area contributed by atoms with Crippen molar-refractivity contribution in [2.24, 2.45) is 0 Å². The number of carbonyl (C=O) groups is 3. The Balaban J connectivity index is 2.54. The van der Waals surface area contributed by atoms with Crippen molar-refractivity contribution in [1.29, 1.82) is 0 Å². The van der Waals surface area contributed by atoms with Gasteiger partial charge >= 0.3 is 12.0 Å². The highest BCUT2D eigenvalue weighted by Crippen LogP contribution is 2.18. The number of nitrogens with one attached hydrogen (secondary N) is 2. The van der Waals surface area contributed by atoms with Gasteiger partial charge in [-0.25, -0.2) is 9.18 Å². The average molecular weight is 354 g/mol. The Morgan fingerprint density at radius 2 is 1.88 bits per heavy atom. The zero-order chi connectivity index (χ0) is 19.2. The van der Waals surface area contributed by atoms with E-state index in [1.165, 1.54) is 26.2 Å². The first-order valence-electron chi connectivity index (χ1n) is 7.66. The van der Waals surface area contributed by atoms with Crippen molar-refractivity contribution in [3.8, 4) is 5.75 Å². The summed E-state index contributed by atoms with van der Waals surface area (Å²) in [6.07, 6.45) is -1.38. The number of esters is 1. The molecule has 0 spiro atoms. The molecule has 2 N–H and O–H groups in total. The molecule has 0 aromatic heterocycles. The molecular weight excluding hydrogens is 331 g/mol. The minimum atomic E-state index is -1.17. The maximum Gasteiger partial charge on any atom is 0.321 e. The standard InChI is InChI=1S/C17H23FN2O5/c1-10(15(22)19-16(23)20-17(2,3)4)25-14(21)9-11-6-7-13(24-5)12(18)8-11/h6-8,10H,9H2,1-5H3,(H2,19,20,22,23)/t10-/m0/s1. The maximum atomic E-state index is 13.6. The minimum absolute atomic E-state index is 0.0646. The van der Waals surface area contributed by atoms with Crippen molar-refractivity contribution in [2.45, 2.75) is 45.8 Å². The number of rotatable bonds is 5. The average Bonchev–Trinajstić information content (AvgIpc) is 2.45. The van der Waals surface area contributed by atoms with Crippen LogP contribution in [0.15, 0.2) is 18.2 Å². The quantitative estimate of drug-likeness (QED) is 0.788. The second-order valence-corrected chi connectivity index (χ2v) is 6.47. The zero-order valence-electron chi connectivity index (χ0n) is 14.9. The van der Waals surface area contributed by atoms with E-state index in [0.717, 1.165) is 6.07 Å². The number of ether oxygens (including phenoxy) is 2. The molecule has 8 heteroatoms. The first-order valence-corrected chi connectivity index (χ1v) is 7.66. The van der Waals surface area contributed by atoms with Crippen molar-refractivity contribution in [3.63, 3.8) is 0 Å². The predicted molar refractivity (Wildman–Crippen MR) is 88.6 cm³/mol. The number of benzene rings is 1. The van der Waals surface area contributed by atoms with Gasteiger partial charge in [0.15, 0.2) is 17.7 Å². The van der Waals surface area contributed by atoms with Gasteiger partial charge in [0, 0.05) is 5.54 Å². The summed E-state index contributed by atoms with van der Waals surface area (Å²) in [5, 5.41) is 4.64. The third-order valence-corrected chi connectivity index (χ3v) is 2.97. The lowest BCUT2D eigenvalue weighted by atomic mass is 10.1. The molecule has 25 heavy (non-hydrogen) atoms. The summed E-state index contributed by atoms with van der Waals surface area (Å²) in [6.45, 7) is 6.61. The predicted octanol–water partition coefficient (Wildman–Crippen LogP) is 1.93. The molecule has 1 aromatic rings. The normalized spacial score (nSPS) is 12.1. The van der Waals surface area contributed by atoms with Crippen molar-refractivity contribution in [3.05, 3.63) is 29.6 Å². The van der Waals surface area contributed by atoms with E-state index in [4.69, 9.17) is 9.47 Å². The molecule has 1 aromatic carbocycles. The second kappa shape index (κ2) is 8.46. The Morgan fingerprint density at radius 1 is 1.24 bits per heavy atom. The van der Waals surface area contributed by atoms with E-state index in [1.54, 1.807) is 20.8 Å². The maximum absolute atomic E-state index is 13.6. The lowest BCUT2D eigenvalue weighted by molar-refractivity contribution is -0.153. The summed E-state index contributed by atoms with van der Waals surface area (Å²) in [6, 6.07) is 3.38. The molecule has 0 radical (unpaired) electrons. The smallest absolute Gasteiger partial charge is 0.321 e. The Hall–Kier alpha value is -2.64. The molecule has 0 saturated carbocycles. The van der Waals surface area contributed by atoms with Crippen LogP contribution in [0.3, 0.4) is 0 Å². The van der Waals surface area contributed by atoms with E-state index in [1.807, 2.05) is 0 Å². The van der Waals surface area contributed by atoms with Crippen LogP contribution in [-0.4, -0.2) is 36.7 Å². The summed E-state index contributed by atoms with van der Waals surface area (Å²) in [5.74, 6) is -2.01. The molecule has 3 amide bonds. The van der Waals surface area contributed by atoms with Gasteiger partial charge in [0.1, 0.15) is 0 Å². The summed E-state index contributed by atoms with van der Waals surface area (Å²) in [4.78, 5) is 35.3. The van der Waals surface area contributed by atoms with E-state index < -0.39 is 35.4 Å². The van der Waals surface area contributed by atoms with Crippen LogP contribution in [0.2, 0.25) is 0 Å².